The maximum atomic E-state index is 10.3. The van der Waals surface area contributed by atoms with Crippen LogP contribution in [0, 0.1) is 13.8 Å². The summed E-state index contributed by atoms with van der Waals surface area (Å²) in [5.41, 5.74) is 2.34. The quantitative estimate of drug-likeness (QED) is 0.0768. The third-order valence-corrected chi connectivity index (χ3v) is 6.46. The van der Waals surface area contributed by atoms with Crippen LogP contribution in [0.15, 0.2) is 18.2 Å². The van der Waals surface area contributed by atoms with Crippen LogP contribution < -0.4 is 4.74 Å². The molecular weight excluding hydrogens is 672 g/mol. The fraction of sp³-hybridized carbons (Fsp3) is 0.812. The fourth-order valence-electron chi connectivity index (χ4n) is 3.67. The maximum absolute atomic E-state index is 10.3. The molecule has 0 heterocycles. The number of benzene rings is 1. The van der Waals surface area contributed by atoms with Crippen molar-refractivity contribution in [2.75, 3.05) is 159 Å². The predicted octanol–water partition coefficient (Wildman–Crippen LogP) is 1.68. The van der Waals surface area contributed by atoms with Crippen molar-refractivity contribution in [3.8, 4) is 5.75 Å². The van der Waals surface area contributed by atoms with E-state index in [1.165, 1.54) is 5.56 Å². The second-order valence-electron chi connectivity index (χ2n) is 10.1. The minimum atomic E-state index is -4.43. The third-order valence-electron chi connectivity index (χ3n) is 6.00. The van der Waals surface area contributed by atoms with Crippen LogP contribution in [0.1, 0.15) is 11.1 Å². The minimum absolute atomic E-state index is 0.0296. The van der Waals surface area contributed by atoms with Crippen LogP contribution in [-0.2, 0) is 66.7 Å². The molecule has 0 aromatic heterocycles. The summed E-state index contributed by atoms with van der Waals surface area (Å²) in [7, 11) is -4.43. The standard InChI is InChI=1S/C32H58O16S/c1-30-3-4-32(31(2)29-30)47-27-25-45-23-21-43-19-17-41-15-13-39-11-9-37-7-5-36-6-8-38-10-12-40-14-16-42-18-20-44-22-24-46-26-28-48-49(33,34)35/h3-4,29H,5-28H2,1-2H3,(H,33,34,35). The smallest absolute Gasteiger partial charge is 0.397 e. The highest BCUT2D eigenvalue weighted by molar-refractivity contribution is 7.80. The molecule has 1 rings (SSSR count). The molecule has 1 N–H and O–H groups in total. The van der Waals surface area contributed by atoms with Gasteiger partial charge in [-0.05, 0) is 25.5 Å². The first-order chi connectivity index (χ1) is 23.9. The largest absolute Gasteiger partial charge is 0.491 e. The summed E-state index contributed by atoms with van der Waals surface area (Å²) in [5, 5.41) is 0. The van der Waals surface area contributed by atoms with Gasteiger partial charge >= 0.3 is 10.4 Å². The van der Waals surface area contributed by atoms with Gasteiger partial charge in [0.2, 0.25) is 0 Å². The Morgan fingerprint density at radius 3 is 0.959 bits per heavy atom. The first kappa shape index (κ1) is 45.5. The Morgan fingerprint density at radius 2 is 0.694 bits per heavy atom. The highest BCUT2D eigenvalue weighted by Crippen LogP contribution is 2.18. The van der Waals surface area contributed by atoms with E-state index in [4.69, 9.17) is 61.4 Å². The molecule has 0 atom stereocenters. The zero-order valence-corrected chi connectivity index (χ0v) is 30.0. The van der Waals surface area contributed by atoms with Crippen molar-refractivity contribution in [3.63, 3.8) is 0 Å². The topological polar surface area (TPSA) is 174 Å². The molecule has 0 saturated carbocycles. The van der Waals surface area contributed by atoms with Gasteiger partial charge in [0.15, 0.2) is 0 Å². The van der Waals surface area contributed by atoms with E-state index in [1.54, 1.807) is 0 Å². The first-order valence-electron chi connectivity index (χ1n) is 16.6. The van der Waals surface area contributed by atoms with Gasteiger partial charge in [-0.1, -0.05) is 17.7 Å². The number of hydrogen-bond acceptors (Lipinski definition) is 15. The Bertz CT molecular complexity index is 968. The number of hydrogen-bond donors (Lipinski definition) is 1. The van der Waals surface area contributed by atoms with Crippen molar-refractivity contribution < 1.29 is 74.0 Å². The summed E-state index contributed by atoms with van der Waals surface area (Å²) in [6, 6.07) is 6.12. The van der Waals surface area contributed by atoms with Crippen LogP contribution in [0.3, 0.4) is 0 Å². The van der Waals surface area contributed by atoms with Gasteiger partial charge in [0.25, 0.3) is 0 Å². The Balaban J connectivity index is 1.64. The average Bonchev–Trinajstić information content (AvgIpc) is 3.06. The lowest BCUT2D eigenvalue weighted by atomic mass is 10.1. The fourth-order valence-corrected chi connectivity index (χ4v) is 3.95. The zero-order valence-electron chi connectivity index (χ0n) is 29.2. The molecule has 1 aromatic carbocycles. The monoisotopic (exact) mass is 730 g/mol. The van der Waals surface area contributed by atoms with E-state index in [2.05, 4.69) is 17.2 Å². The van der Waals surface area contributed by atoms with Gasteiger partial charge in [0.1, 0.15) is 12.4 Å². The molecule has 0 radical (unpaired) electrons. The molecule has 0 aliphatic carbocycles. The third kappa shape index (κ3) is 33.4. The minimum Gasteiger partial charge on any atom is -0.491 e. The van der Waals surface area contributed by atoms with Gasteiger partial charge in [-0.3, -0.25) is 4.55 Å². The van der Waals surface area contributed by atoms with Crippen molar-refractivity contribution in [2.45, 2.75) is 13.8 Å². The molecule has 0 amide bonds. The Morgan fingerprint density at radius 1 is 0.429 bits per heavy atom. The average molecular weight is 731 g/mol. The van der Waals surface area contributed by atoms with Gasteiger partial charge in [-0.2, -0.15) is 8.42 Å². The molecule has 0 aliphatic rings. The summed E-state index contributed by atoms with van der Waals surface area (Å²) in [4.78, 5) is 0. The van der Waals surface area contributed by atoms with Gasteiger partial charge in [0, 0.05) is 0 Å². The number of aryl methyl sites for hydroxylation is 2. The second kappa shape index (κ2) is 33.6. The molecule has 0 bridgehead atoms. The van der Waals surface area contributed by atoms with Crippen molar-refractivity contribution in [1.82, 2.24) is 0 Å². The Hall–Kier alpha value is -1.55. The van der Waals surface area contributed by atoms with Crippen LogP contribution in [0.2, 0.25) is 0 Å². The van der Waals surface area contributed by atoms with Crippen LogP contribution in [0.4, 0.5) is 0 Å². The molecule has 49 heavy (non-hydrogen) atoms. The second-order valence-corrected chi connectivity index (χ2v) is 11.2. The lowest BCUT2D eigenvalue weighted by molar-refractivity contribution is -0.0279. The molecule has 0 aliphatic heterocycles. The van der Waals surface area contributed by atoms with E-state index < -0.39 is 10.4 Å². The van der Waals surface area contributed by atoms with E-state index in [9.17, 15) is 8.42 Å². The summed E-state index contributed by atoms with van der Waals surface area (Å²) in [5.74, 6) is 0.889. The van der Waals surface area contributed by atoms with Crippen molar-refractivity contribution in [3.05, 3.63) is 29.3 Å². The summed E-state index contributed by atoms with van der Waals surface area (Å²) < 4.78 is 98.5. The predicted molar refractivity (Wildman–Crippen MR) is 178 cm³/mol. The number of ether oxygens (including phenoxy) is 12. The van der Waals surface area contributed by atoms with Crippen LogP contribution in [0.25, 0.3) is 0 Å². The molecular formula is C32H58O16S. The number of rotatable bonds is 38. The van der Waals surface area contributed by atoms with Crippen molar-refractivity contribution in [2.24, 2.45) is 0 Å². The maximum Gasteiger partial charge on any atom is 0.397 e. The van der Waals surface area contributed by atoms with Crippen LogP contribution in [-0.4, -0.2) is 172 Å². The van der Waals surface area contributed by atoms with Gasteiger partial charge in [-0.25, -0.2) is 4.18 Å². The summed E-state index contributed by atoms with van der Waals surface area (Å²) in [6.45, 7) is 14.0. The molecule has 17 heteroatoms. The lowest BCUT2D eigenvalue weighted by Gasteiger charge is -2.10. The van der Waals surface area contributed by atoms with Gasteiger partial charge in [0.05, 0.1) is 152 Å². The molecule has 0 spiro atoms. The van der Waals surface area contributed by atoms with E-state index in [1.807, 2.05) is 19.1 Å². The molecule has 1 aromatic rings. The molecule has 0 saturated heterocycles. The van der Waals surface area contributed by atoms with Crippen molar-refractivity contribution in [1.29, 1.82) is 0 Å². The Labute approximate surface area is 291 Å². The molecule has 0 unspecified atom stereocenters. The van der Waals surface area contributed by atoms with Gasteiger partial charge in [-0.15, -0.1) is 0 Å². The zero-order chi connectivity index (χ0) is 35.5. The lowest BCUT2D eigenvalue weighted by Crippen LogP contribution is -2.16. The van der Waals surface area contributed by atoms with Gasteiger partial charge < -0.3 is 56.8 Å². The summed E-state index contributed by atoms with van der Waals surface area (Å²) >= 11 is 0. The molecule has 288 valence electrons. The van der Waals surface area contributed by atoms with E-state index in [0.717, 1.165) is 11.3 Å². The highest BCUT2D eigenvalue weighted by atomic mass is 32.3. The van der Waals surface area contributed by atoms with E-state index in [-0.39, 0.29) is 19.8 Å². The SMILES string of the molecule is Cc1ccc(OCCOCCOCCOCCOCCOCCOCCOCCOCCOCCOCCOCCOS(=O)(=O)O)c(C)c1. The molecule has 16 nitrogen and oxygen atoms in total. The van der Waals surface area contributed by atoms with E-state index in [0.29, 0.717) is 139 Å². The van der Waals surface area contributed by atoms with Crippen LogP contribution in [0.5, 0.6) is 5.75 Å². The Kier molecular flexibility index (Phi) is 31.2. The normalized spacial score (nSPS) is 11.8. The highest BCUT2D eigenvalue weighted by Gasteiger charge is 2.03. The summed E-state index contributed by atoms with van der Waals surface area (Å²) in [6.07, 6.45) is 0. The van der Waals surface area contributed by atoms with Crippen molar-refractivity contribution >= 4 is 10.4 Å². The van der Waals surface area contributed by atoms with E-state index >= 15 is 0 Å². The molecule has 0 fully saturated rings. The first-order valence-corrected chi connectivity index (χ1v) is 17.9. The van der Waals surface area contributed by atoms with Crippen LogP contribution >= 0.6 is 0 Å².